The SMILES string of the molecule is Cc1[nH]c(C(=O)NC(C(N)=O)c2ccccc2)c(C)c1C(=O)OC(C)C. The van der Waals surface area contributed by atoms with Gasteiger partial charge in [0.1, 0.15) is 11.7 Å². The van der Waals surface area contributed by atoms with E-state index in [1.165, 1.54) is 0 Å². The third kappa shape index (κ3) is 4.11. The van der Waals surface area contributed by atoms with Crippen molar-refractivity contribution in [2.24, 2.45) is 5.73 Å². The molecule has 4 N–H and O–H groups in total. The molecule has 0 spiro atoms. The van der Waals surface area contributed by atoms with Crippen molar-refractivity contribution >= 4 is 17.8 Å². The Hall–Kier alpha value is -3.09. The van der Waals surface area contributed by atoms with Gasteiger partial charge in [-0.15, -0.1) is 0 Å². The molecular formula is C19H23N3O4. The van der Waals surface area contributed by atoms with Crippen LogP contribution in [0.1, 0.15) is 57.6 Å². The van der Waals surface area contributed by atoms with Crippen LogP contribution in [0.5, 0.6) is 0 Å². The highest BCUT2D eigenvalue weighted by Crippen LogP contribution is 2.21. The predicted octanol–water partition coefficient (Wildman–Crippen LogP) is 2.15. The molecule has 1 heterocycles. The topological polar surface area (TPSA) is 114 Å². The standard InChI is InChI=1S/C19H23N3O4/c1-10(2)26-19(25)14-11(3)15(21-12(14)4)18(24)22-16(17(20)23)13-8-6-5-7-9-13/h5-10,16,21H,1-4H3,(H2,20,23)(H,22,24). The Morgan fingerprint density at radius 3 is 2.27 bits per heavy atom. The van der Waals surface area contributed by atoms with Crippen LogP contribution >= 0.6 is 0 Å². The Morgan fingerprint density at radius 1 is 1.12 bits per heavy atom. The number of H-pyrrole nitrogens is 1. The molecule has 1 atom stereocenters. The summed E-state index contributed by atoms with van der Waals surface area (Å²) in [5.74, 6) is -1.70. The number of amides is 2. The van der Waals surface area contributed by atoms with Gasteiger partial charge in [0.05, 0.1) is 11.7 Å². The van der Waals surface area contributed by atoms with Crippen molar-refractivity contribution in [1.29, 1.82) is 0 Å². The fourth-order valence-electron chi connectivity index (χ4n) is 2.72. The minimum absolute atomic E-state index is 0.195. The van der Waals surface area contributed by atoms with Gasteiger partial charge in [-0.05, 0) is 38.8 Å². The maximum Gasteiger partial charge on any atom is 0.340 e. The Kier molecular flexibility index (Phi) is 5.82. The highest BCUT2D eigenvalue weighted by atomic mass is 16.5. The van der Waals surface area contributed by atoms with Crippen molar-refractivity contribution in [3.63, 3.8) is 0 Å². The molecule has 0 fully saturated rings. The number of primary amides is 1. The Labute approximate surface area is 151 Å². The summed E-state index contributed by atoms with van der Waals surface area (Å²) >= 11 is 0. The van der Waals surface area contributed by atoms with Crippen LogP contribution in [0.4, 0.5) is 0 Å². The highest BCUT2D eigenvalue weighted by Gasteiger charge is 2.26. The molecule has 2 amide bonds. The first-order valence-electron chi connectivity index (χ1n) is 8.27. The van der Waals surface area contributed by atoms with E-state index in [0.717, 1.165) is 0 Å². The van der Waals surface area contributed by atoms with E-state index in [0.29, 0.717) is 22.4 Å². The van der Waals surface area contributed by atoms with E-state index in [4.69, 9.17) is 10.5 Å². The summed E-state index contributed by atoms with van der Waals surface area (Å²) in [6.07, 6.45) is -0.272. The van der Waals surface area contributed by atoms with Crippen LogP contribution in [0.15, 0.2) is 30.3 Å². The lowest BCUT2D eigenvalue weighted by atomic mass is 10.1. The number of nitrogens with two attached hydrogens (primary N) is 1. The van der Waals surface area contributed by atoms with Crippen molar-refractivity contribution < 1.29 is 19.1 Å². The summed E-state index contributed by atoms with van der Waals surface area (Å²) in [5, 5.41) is 2.61. The number of esters is 1. The van der Waals surface area contributed by atoms with Gasteiger partial charge in [0.2, 0.25) is 5.91 Å². The molecule has 0 bridgehead atoms. The number of hydrogen-bond acceptors (Lipinski definition) is 4. The van der Waals surface area contributed by atoms with Gasteiger partial charge < -0.3 is 20.8 Å². The molecule has 0 saturated heterocycles. The second kappa shape index (κ2) is 7.86. The monoisotopic (exact) mass is 357 g/mol. The zero-order valence-corrected chi connectivity index (χ0v) is 15.3. The van der Waals surface area contributed by atoms with Crippen LogP contribution in [-0.2, 0) is 9.53 Å². The third-order valence-electron chi connectivity index (χ3n) is 3.90. The molecule has 0 radical (unpaired) electrons. The number of rotatable bonds is 6. The summed E-state index contributed by atoms with van der Waals surface area (Å²) in [7, 11) is 0. The number of ether oxygens (including phenoxy) is 1. The first-order chi connectivity index (χ1) is 12.2. The zero-order valence-electron chi connectivity index (χ0n) is 15.3. The molecule has 0 aliphatic rings. The summed E-state index contributed by atoms with van der Waals surface area (Å²) in [4.78, 5) is 39.6. The van der Waals surface area contributed by atoms with Crippen LogP contribution in [0, 0.1) is 13.8 Å². The van der Waals surface area contributed by atoms with Gasteiger partial charge >= 0.3 is 5.97 Å². The molecule has 1 aromatic carbocycles. The molecule has 1 aromatic heterocycles. The first-order valence-corrected chi connectivity index (χ1v) is 8.27. The molecule has 2 rings (SSSR count). The lowest BCUT2D eigenvalue weighted by Gasteiger charge is -2.15. The van der Waals surface area contributed by atoms with Crippen molar-refractivity contribution in [3.05, 3.63) is 58.4 Å². The van der Waals surface area contributed by atoms with E-state index >= 15 is 0 Å². The fourth-order valence-corrected chi connectivity index (χ4v) is 2.72. The number of carbonyl (C=O) groups excluding carboxylic acids is 3. The van der Waals surface area contributed by atoms with E-state index in [1.54, 1.807) is 58.0 Å². The molecule has 26 heavy (non-hydrogen) atoms. The summed E-state index contributed by atoms with van der Waals surface area (Å²) in [6, 6.07) is 7.73. The van der Waals surface area contributed by atoms with Gasteiger partial charge in [-0.2, -0.15) is 0 Å². The van der Waals surface area contributed by atoms with E-state index in [2.05, 4.69) is 10.3 Å². The Bertz CT molecular complexity index is 825. The average molecular weight is 357 g/mol. The molecule has 0 aliphatic carbocycles. The fraction of sp³-hybridized carbons (Fsp3) is 0.316. The number of aryl methyl sites for hydroxylation is 1. The van der Waals surface area contributed by atoms with Crippen molar-refractivity contribution in [2.45, 2.75) is 39.8 Å². The normalized spacial score (nSPS) is 11.9. The van der Waals surface area contributed by atoms with Gasteiger partial charge in [-0.25, -0.2) is 4.79 Å². The lowest BCUT2D eigenvalue weighted by molar-refractivity contribution is -0.120. The molecule has 7 heteroatoms. The van der Waals surface area contributed by atoms with Crippen LogP contribution in [0.2, 0.25) is 0 Å². The van der Waals surface area contributed by atoms with Crippen LogP contribution < -0.4 is 11.1 Å². The van der Waals surface area contributed by atoms with Gasteiger partial charge in [0.25, 0.3) is 5.91 Å². The quantitative estimate of drug-likeness (QED) is 0.687. The van der Waals surface area contributed by atoms with E-state index in [1.807, 2.05) is 0 Å². The Balaban J connectivity index is 2.29. The largest absolute Gasteiger partial charge is 0.459 e. The van der Waals surface area contributed by atoms with Crippen LogP contribution in [-0.4, -0.2) is 28.9 Å². The summed E-state index contributed by atoms with van der Waals surface area (Å²) in [5.41, 5.74) is 7.51. The molecule has 0 aliphatic heterocycles. The van der Waals surface area contributed by atoms with Crippen molar-refractivity contribution in [1.82, 2.24) is 10.3 Å². The minimum atomic E-state index is -0.974. The van der Waals surface area contributed by atoms with Gasteiger partial charge in [0.15, 0.2) is 0 Å². The predicted molar refractivity (Wildman–Crippen MR) is 96.7 cm³/mol. The number of carbonyl (C=O) groups is 3. The molecule has 7 nitrogen and oxygen atoms in total. The number of aromatic amines is 1. The van der Waals surface area contributed by atoms with E-state index in [-0.39, 0.29) is 11.8 Å². The van der Waals surface area contributed by atoms with Gasteiger partial charge in [-0.3, -0.25) is 9.59 Å². The summed E-state index contributed by atoms with van der Waals surface area (Å²) in [6.45, 7) is 6.83. The van der Waals surface area contributed by atoms with Crippen LogP contribution in [0.3, 0.4) is 0 Å². The average Bonchev–Trinajstić information content (AvgIpc) is 2.87. The molecule has 2 aromatic rings. The second-order valence-electron chi connectivity index (χ2n) is 6.30. The minimum Gasteiger partial charge on any atom is -0.459 e. The Morgan fingerprint density at radius 2 is 1.73 bits per heavy atom. The third-order valence-corrected chi connectivity index (χ3v) is 3.90. The molecule has 0 saturated carbocycles. The van der Waals surface area contributed by atoms with E-state index in [9.17, 15) is 14.4 Å². The van der Waals surface area contributed by atoms with Crippen molar-refractivity contribution in [2.75, 3.05) is 0 Å². The lowest BCUT2D eigenvalue weighted by Crippen LogP contribution is -2.37. The van der Waals surface area contributed by atoms with E-state index < -0.39 is 23.8 Å². The first kappa shape index (κ1) is 19.2. The second-order valence-corrected chi connectivity index (χ2v) is 6.30. The highest BCUT2D eigenvalue weighted by molar-refractivity contribution is 6.02. The molecular weight excluding hydrogens is 334 g/mol. The number of aromatic nitrogens is 1. The van der Waals surface area contributed by atoms with Crippen LogP contribution in [0.25, 0.3) is 0 Å². The molecule has 138 valence electrons. The number of benzene rings is 1. The van der Waals surface area contributed by atoms with Gasteiger partial charge in [-0.1, -0.05) is 30.3 Å². The zero-order chi connectivity index (χ0) is 19.4. The van der Waals surface area contributed by atoms with Crippen molar-refractivity contribution in [3.8, 4) is 0 Å². The maximum atomic E-state index is 12.7. The number of nitrogens with one attached hydrogen (secondary N) is 2. The maximum absolute atomic E-state index is 12.7. The molecule has 1 unspecified atom stereocenters. The summed E-state index contributed by atoms with van der Waals surface area (Å²) < 4.78 is 5.21. The van der Waals surface area contributed by atoms with Gasteiger partial charge in [0, 0.05) is 5.69 Å². The number of hydrogen-bond donors (Lipinski definition) is 3. The smallest absolute Gasteiger partial charge is 0.340 e.